The van der Waals surface area contributed by atoms with Crippen molar-refractivity contribution in [2.45, 2.75) is 26.4 Å². The maximum absolute atomic E-state index is 10.1. The van der Waals surface area contributed by atoms with Gasteiger partial charge >= 0.3 is 0 Å². The van der Waals surface area contributed by atoms with Crippen molar-refractivity contribution in [1.82, 2.24) is 0 Å². The third-order valence-corrected chi connectivity index (χ3v) is 0. The van der Waals surface area contributed by atoms with Crippen molar-refractivity contribution in [2.75, 3.05) is 0 Å². The molecule has 0 saturated heterocycles. The van der Waals surface area contributed by atoms with Crippen LogP contribution in [-0.2, 0) is 5.11 Å². The fourth-order valence-electron chi connectivity index (χ4n) is 0. The summed E-state index contributed by atoms with van der Waals surface area (Å²) in [6.07, 6.45) is 0. The molecule has 1 heteroatoms. The van der Waals surface area contributed by atoms with Crippen LogP contribution in [0.4, 0.5) is 0 Å². The summed E-state index contributed by atoms with van der Waals surface area (Å²) in [5.41, 5.74) is -0.750. The molecule has 0 heterocycles. The molecule has 0 fully saturated rings. The van der Waals surface area contributed by atoms with E-state index in [0.717, 1.165) is 0 Å². The lowest BCUT2D eigenvalue weighted by Gasteiger charge is -2.00. The fraction of sp³-hybridized carbons (Fsp3) is 1.00. The number of hydrogen-bond acceptors (Lipinski definition) is 0. The second kappa shape index (κ2) is 0.977. The van der Waals surface area contributed by atoms with Crippen molar-refractivity contribution in [3.8, 4) is 0 Å². The normalized spacial score (nSPS) is 12.0. The van der Waals surface area contributed by atoms with Crippen LogP contribution in [0, 0.1) is 0 Å². The van der Waals surface area contributed by atoms with E-state index in [9.17, 15) is 5.11 Å². The Balaban J connectivity index is 3.02. The smallest absolute Gasteiger partial charge is 0.0952 e. The Kier molecular flexibility index (Phi) is 0.969. The van der Waals surface area contributed by atoms with Crippen molar-refractivity contribution >= 4 is 0 Å². The van der Waals surface area contributed by atoms with Crippen LogP contribution in [0.2, 0.25) is 0 Å². The second-order valence-electron chi connectivity index (χ2n) is 2.11. The van der Waals surface area contributed by atoms with Gasteiger partial charge in [-0.2, -0.15) is 0 Å². The predicted octanol–water partition coefficient (Wildman–Crippen LogP) is 1.22. The molecule has 0 amide bonds. The van der Waals surface area contributed by atoms with Gasteiger partial charge in [-0.1, -0.05) is 0 Å². The van der Waals surface area contributed by atoms with E-state index in [2.05, 4.69) is 0 Å². The minimum Gasteiger partial charge on any atom is -0.230 e. The molecule has 0 unspecified atom stereocenters. The van der Waals surface area contributed by atoms with Gasteiger partial charge in [0.25, 0.3) is 0 Å². The van der Waals surface area contributed by atoms with Gasteiger partial charge in [-0.25, -0.2) is 5.11 Å². The Morgan fingerprint density at radius 2 is 1.20 bits per heavy atom. The zero-order chi connectivity index (χ0) is 4.50. The van der Waals surface area contributed by atoms with Gasteiger partial charge in [0.05, 0.1) is 5.60 Å². The van der Waals surface area contributed by atoms with Crippen molar-refractivity contribution in [3.05, 3.63) is 0 Å². The van der Waals surface area contributed by atoms with E-state index in [4.69, 9.17) is 0 Å². The Morgan fingerprint density at radius 1 is 1.20 bits per heavy atom. The minimum absolute atomic E-state index is 0.750. The molecule has 31 valence electrons. The Bertz CT molecular complexity index is 19.1. The Labute approximate surface area is 32.6 Å². The molecule has 1 nitrogen and oxygen atoms in total. The highest BCUT2D eigenvalue weighted by atomic mass is 16.3. The van der Waals surface area contributed by atoms with Crippen LogP contribution in [0.5, 0.6) is 0 Å². The molecule has 1 radical (unpaired) electrons. The van der Waals surface area contributed by atoms with Crippen molar-refractivity contribution in [1.29, 1.82) is 0 Å². The molecule has 0 aliphatic rings. The van der Waals surface area contributed by atoms with E-state index < -0.39 is 5.60 Å². The van der Waals surface area contributed by atoms with E-state index in [1.54, 1.807) is 20.8 Å². The lowest BCUT2D eigenvalue weighted by Crippen LogP contribution is -2.07. The highest BCUT2D eigenvalue weighted by Gasteiger charge is 2.01. The third-order valence-electron chi connectivity index (χ3n) is 0. The van der Waals surface area contributed by atoms with Crippen LogP contribution >= 0.6 is 0 Å². The van der Waals surface area contributed by atoms with Gasteiger partial charge in [0.2, 0.25) is 0 Å². The van der Waals surface area contributed by atoms with E-state index in [0.29, 0.717) is 0 Å². The fourth-order valence-corrected chi connectivity index (χ4v) is 0. The Morgan fingerprint density at radius 3 is 1.20 bits per heavy atom. The first kappa shape index (κ1) is 4.96. The van der Waals surface area contributed by atoms with Gasteiger partial charge < -0.3 is 0 Å². The van der Waals surface area contributed by atoms with Crippen LogP contribution in [0.25, 0.3) is 0 Å². The summed E-state index contributed by atoms with van der Waals surface area (Å²) < 4.78 is 0. The van der Waals surface area contributed by atoms with E-state index in [1.807, 2.05) is 0 Å². The first-order valence-electron chi connectivity index (χ1n) is 1.70. The monoisotopic (exact) mass is 73.1 g/mol. The van der Waals surface area contributed by atoms with Crippen LogP contribution < -0.4 is 0 Å². The van der Waals surface area contributed by atoms with Gasteiger partial charge in [0.15, 0.2) is 0 Å². The average Bonchev–Trinajstić information content (AvgIpc) is 0.722. The van der Waals surface area contributed by atoms with Crippen LogP contribution in [0.1, 0.15) is 20.8 Å². The maximum atomic E-state index is 10.1. The minimum atomic E-state index is -0.750. The largest absolute Gasteiger partial charge is 0.230 e. The zero-order valence-corrected chi connectivity index (χ0v) is 3.91. The molecule has 0 aromatic heterocycles. The first-order valence-corrected chi connectivity index (χ1v) is 1.70. The lowest BCUT2D eigenvalue weighted by molar-refractivity contribution is 0.0219. The summed E-state index contributed by atoms with van der Waals surface area (Å²) in [4.78, 5) is 0. The van der Waals surface area contributed by atoms with Crippen LogP contribution in [0.3, 0.4) is 0 Å². The average molecular weight is 73.1 g/mol. The summed E-state index contributed by atoms with van der Waals surface area (Å²) in [7, 11) is 0. The molecule has 0 N–H and O–H groups in total. The molecule has 0 aromatic carbocycles. The molecule has 0 aliphatic carbocycles. The second-order valence-corrected chi connectivity index (χ2v) is 2.11. The molecular weight excluding hydrogens is 64.0 g/mol. The van der Waals surface area contributed by atoms with Crippen molar-refractivity contribution < 1.29 is 5.11 Å². The van der Waals surface area contributed by atoms with Crippen molar-refractivity contribution in [3.63, 3.8) is 0 Å². The van der Waals surface area contributed by atoms with E-state index in [-0.39, 0.29) is 0 Å². The van der Waals surface area contributed by atoms with Gasteiger partial charge in [-0.05, 0) is 20.8 Å². The van der Waals surface area contributed by atoms with Gasteiger partial charge in [0.1, 0.15) is 0 Å². The van der Waals surface area contributed by atoms with Crippen LogP contribution in [0.15, 0.2) is 0 Å². The molecular formula is C4H9O. The van der Waals surface area contributed by atoms with Crippen molar-refractivity contribution in [2.24, 2.45) is 0 Å². The molecule has 0 saturated carbocycles. The predicted molar refractivity (Wildman–Crippen MR) is 20.4 cm³/mol. The molecule has 0 aromatic rings. The lowest BCUT2D eigenvalue weighted by atomic mass is 10.2. The van der Waals surface area contributed by atoms with Gasteiger partial charge in [-0.15, -0.1) is 0 Å². The Hall–Kier alpha value is -0.0400. The summed E-state index contributed by atoms with van der Waals surface area (Å²) >= 11 is 0. The maximum Gasteiger partial charge on any atom is 0.0952 e. The SMILES string of the molecule is CC(C)(C)[O]. The highest BCUT2D eigenvalue weighted by Crippen LogP contribution is 1.95. The summed E-state index contributed by atoms with van der Waals surface area (Å²) in [5, 5.41) is 10.1. The number of hydrogen-bond donors (Lipinski definition) is 0. The van der Waals surface area contributed by atoms with Crippen LogP contribution in [-0.4, -0.2) is 5.60 Å². The number of rotatable bonds is 0. The van der Waals surface area contributed by atoms with E-state index >= 15 is 0 Å². The molecule has 0 spiro atoms. The van der Waals surface area contributed by atoms with Gasteiger partial charge in [-0.3, -0.25) is 0 Å². The summed E-state index contributed by atoms with van der Waals surface area (Å²) in [5.74, 6) is 0. The highest BCUT2D eigenvalue weighted by molar-refractivity contribution is 4.50. The molecule has 0 rings (SSSR count). The zero-order valence-electron chi connectivity index (χ0n) is 3.91. The summed E-state index contributed by atoms with van der Waals surface area (Å²) in [6.45, 7) is 4.90. The molecule has 5 heavy (non-hydrogen) atoms. The molecule has 0 bridgehead atoms. The molecule has 0 atom stereocenters. The standard InChI is InChI=1S/C4H9O/c1-4(2,3)5/h1-3H3. The quantitative estimate of drug-likeness (QED) is 0.411. The van der Waals surface area contributed by atoms with E-state index in [1.165, 1.54) is 0 Å². The first-order chi connectivity index (χ1) is 2.00. The van der Waals surface area contributed by atoms with Gasteiger partial charge in [0, 0.05) is 0 Å². The third kappa shape index (κ3) is 9510. The summed E-state index contributed by atoms with van der Waals surface area (Å²) in [6, 6.07) is 0. The topological polar surface area (TPSA) is 19.9 Å². The molecule has 0 aliphatic heterocycles.